The Morgan fingerprint density at radius 1 is 1.32 bits per heavy atom. The van der Waals surface area contributed by atoms with Crippen molar-refractivity contribution >= 4 is 11.7 Å². The summed E-state index contributed by atoms with van der Waals surface area (Å²) in [6.07, 6.45) is -4.41. The summed E-state index contributed by atoms with van der Waals surface area (Å²) in [6, 6.07) is 3.86. The summed E-state index contributed by atoms with van der Waals surface area (Å²) < 4.78 is 38.1. The minimum absolute atomic E-state index is 0.0443. The molecular weight excluding hydrogens is 259 g/mol. The Morgan fingerprint density at radius 2 is 1.89 bits per heavy atom. The van der Waals surface area contributed by atoms with Crippen LogP contribution in [0, 0.1) is 12.3 Å². The first-order chi connectivity index (χ1) is 8.54. The van der Waals surface area contributed by atoms with E-state index in [0.717, 1.165) is 6.07 Å². The SMILES string of the molecule is Cc1ccc(NCC(C)(C)C(=O)O)cc1C(F)(F)F. The number of carbonyl (C=O) groups is 1. The smallest absolute Gasteiger partial charge is 0.416 e. The number of carboxylic acids is 1. The number of aryl methyl sites for hydroxylation is 1. The van der Waals surface area contributed by atoms with E-state index >= 15 is 0 Å². The van der Waals surface area contributed by atoms with Gasteiger partial charge in [0.05, 0.1) is 11.0 Å². The maximum atomic E-state index is 12.7. The van der Waals surface area contributed by atoms with Gasteiger partial charge in [-0.2, -0.15) is 13.2 Å². The van der Waals surface area contributed by atoms with Crippen LogP contribution in [-0.2, 0) is 11.0 Å². The Kier molecular flexibility index (Phi) is 4.12. The van der Waals surface area contributed by atoms with E-state index in [1.54, 1.807) is 0 Å². The summed E-state index contributed by atoms with van der Waals surface area (Å²) >= 11 is 0. The van der Waals surface area contributed by atoms with E-state index < -0.39 is 23.1 Å². The highest BCUT2D eigenvalue weighted by molar-refractivity contribution is 5.74. The van der Waals surface area contributed by atoms with Crippen LogP contribution in [0.5, 0.6) is 0 Å². The van der Waals surface area contributed by atoms with E-state index in [1.807, 2.05) is 0 Å². The predicted octanol–water partition coefficient (Wildman–Crippen LogP) is 3.54. The van der Waals surface area contributed by atoms with Crippen LogP contribution in [0.15, 0.2) is 18.2 Å². The zero-order valence-electron chi connectivity index (χ0n) is 10.9. The predicted molar refractivity (Wildman–Crippen MR) is 66.1 cm³/mol. The lowest BCUT2D eigenvalue weighted by Gasteiger charge is -2.21. The van der Waals surface area contributed by atoms with Crippen molar-refractivity contribution in [1.29, 1.82) is 0 Å². The van der Waals surface area contributed by atoms with Crippen molar-refractivity contribution in [3.05, 3.63) is 29.3 Å². The first-order valence-electron chi connectivity index (χ1n) is 5.69. The van der Waals surface area contributed by atoms with E-state index in [0.29, 0.717) is 0 Å². The van der Waals surface area contributed by atoms with E-state index in [-0.39, 0.29) is 17.8 Å². The Labute approximate surface area is 109 Å². The van der Waals surface area contributed by atoms with Gasteiger partial charge < -0.3 is 10.4 Å². The fourth-order valence-corrected chi connectivity index (χ4v) is 1.44. The first kappa shape index (κ1) is 15.3. The van der Waals surface area contributed by atoms with Gasteiger partial charge >= 0.3 is 12.1 Å². The molecule has 0 aromatic heterocycles. The maximum Gasteiger partial charge on any atom is 0.416 e. The third kappa shape index (κ3) is 3.87. The second-order valence-electron chi connectivity index (χ2n) is 5.07. The number of aliphatic carboxylic acids is 1. The Balaban J connectivity index is 2.90. The fraction of sp³-hybridized carbons (Fsp3) is 0.462. The molecule has 6 heteroatoms. The largest absolute Gasteiger partial charge is 0.481 e. The van der Waals surface area contributed by atoms with Gasteiger partial charge in [-0.3, -0.25) is 4.79 Å². The molecule has 2 N–H and O–H groups in total. The molecule has 0 aliphatic rings. The summed E-state index contributed by atoms with van der Waals surface area (Å²) in [5.41, 5.74) is -1.38. The minimum atomic E-state index is -4.41. The standard InChI is InChI=1S/C13H16F3NO2/c1-8-4-5-9(6-10(8)13(14,15)16)17-7-12(2,3)11(18)19/h4-6,17H,7H2,1-3H3,(H,18,19). The quantitative estimate of drug-likeness (QED) is 0.883. The molecule has 1 rings (SSSR count). The van der Waals surface area contributed by atoms with Gasteiger partial charge in [0.1, 0.15) is 0 Å². The molecule has 0 saturated heterocycles. The number of hydrogen-bond acceptors (Lipinski definition) is 2. The molecule has 0 aliphatic heterocycles. The third-order valence-corrected chi connectivity index (χ3v) is 2.86. The Morgan fingerprint density at radius 3 is 2.37 bits per heavy atom. The topological polar surface area (TPSA) is 49.3 Å². The number of halogens is 3. The summed E-state index contributed by atoms with van der Waals surface area (Å²) in [4.78, 5) is 10.9. The van der Waals surface area contributed by atoms with Crippen molar-refractivity contribution in [2.45, 2.75) is 26.9 Å². The van der Waals surface area contributed by atoms with E-state index in [9.17, 15) is 18.0 Å². The highest BCUT2D eigenvalue weighted by atomic mass is 19.4. The zero-order valence-corrected chi connectivity index (χ0v) is 10.9. The molecule has 0 amide bonds. The Bertz CT molecular complexity index is 481. The van der Waals surface area contributed by atoms with Gasteiger partial charge in [0.15, 0.2) is 0 Å². The van der Waals surface area contributed by atoms with Crippen molar-refractivity contribution in [3.8, 4) is 0 Å². The van der Waals surface area contributed by atoms with Crippen LogP contribution in [0.2, 0.25) is 0 Å². The normalized spacial score (nSPS) is 12.3. The lowest BCUT2D eigenvalue weighted by molar-refractivity contribution is -0.146. The van der Waals surface area contributed by atoms with Gasteiger partial charge in [0, 0.05) is 12.2 Å². The summed E-state index contributed by atoms with van der Waals surface area (Å²) in [6.45, 7) is 4.43. The summed E-state index contributed by atoms with van der Waals surface area (Å²) in [5, 5.41) is 11.7. The average Bonchev–Trinajstić information content (AvgIpc) is 2.26. The first-order valence-corrected chi connectivity index (χ1v) is 5.69. The molecular formula is C13H16F3NO2. The Hall–Kier alpha value is -1.72. The summed E-state index contributed by atoms with van der Waals surface area (Å²) in [7, 11) is 0. The van der Waals surface area contributed by atoms with Gasteiger partial charge in [0.2, 0.25) is 0 Å². The number of alkyl halides is 3. The van der Waals surface area contributed by atoms with E-state index in [2.05, 4.69) is 5.32 Å². The molecule has 0 saturated carbocycles. The second kappa shape index (κ2) is 5.11. The number of benzene rings is 1. The molecule has 0 heterocycles. The molecule has 1 aromatic carbocycles. The van der Waals surface area contributed by atoms with Crippen LogP contribution in [0.4, 0.5) is 18.9 Å². The zero-order chi connectivity index (χ0) is 14.8. The highest BCUT2D eigenvalue weighted by Crippen LogP contribution is 2.33. The highest BCUT2D eigenvalue weighted by Gasteiger charge is 2.33. The summed E-state index contributed by atoms with van der Waals surface area (Å²) in [5.74, 6) is -1.01. The van der Waals surface area contributed by atoms with Crippen LogP contribution in [0.25, 0.3) is 0 Å². The van der Waals surface area contributed by atoms with Crippen LogP contribution in [0.1, 0.15) is 25.0 Å². The average molecular weight is 275 g/mol. The van der Waals surface area contributed by atoms with E-state index in [4.69, 9.17) is 5.11 Å². The fourth-order valence-electron chi connectivity index (χ4n) is 1.44. The third-order valence-electron chi connectivity index (χ3n) is 2.86. The molecule has 0 fully saturated rings. The number of anilines is 1. The van der Waals surface area contributed by atoms with Crippen molar-refractivity contribution in [2.75, 3.05) is 11.9 Å². The molecule has 0 spiro atoms. The van der Waals surface area contributed by atoms with Gasteiger partial charge in [-0.05, 0) is 38.5 Å². The number of carboxylic acid groups (broad SMARTS) is 1. The van der Waals surface area contributed by atoms with E-state index in [1.165, 1.54) is 32.9 Å². The van der Waals surface area contributed by atoms with Crippen LogP contribution < -0.4 is 5.32 Å². The molecule has 0 bridgehead atoms. The van der Waals surface area contributed by atoms with Crippen LogP contribution in [0.3, 0.4) is 0 Å². The van der Waals surface area contributed by atoms with Gasteiger partial charge in [-0.1, -0.05) is 6.07 Å². The molecule has 1 aromatic rings. The maximum absolute atomic E-state index is 12.7. The van der Waals surface area contributed by atoms with Crippen LogP contribution >= 0.6 is 0 Å². The van der Waals surface area contributed by atoms with Crippen molar-refractivity contribution in [2.24, 2.45) is 5.41 Å². The number of hydrogen-bond donors (Lipinski definition) is 2. The lowest BCUT2D eigenvalue weighted by Crippen LogP contribution is -2.31. The molecule has 0 aliphatic carbocycles. The minimum Gasteiger partial charge on any atom is -0.481 e. The second-order valence-corrected chi connectivity index (χ2v) is 5.07. The number of rotatable bonds is 4. The monoisotopic (exact) mass is 275 g/mol. The van der Waals surface area contributed by atoms with Crippen molar-refractivity contribution in [1.82, 2.24) is 0 Å². The van der Waals surface area contributed by atoms with Crippen LogP contribution in [-0.4, -0.2) is 17.6 Å². The molecule has 0 atom stereocenters. The molecule has 3 nitrogen and oxygen atoms in total. The lowest BCUT2D eigenvalue weighted by atomic mass is 9.94. The molecule has 0 unspecified atom stereocenters. The van der Waals surface area contributed by atoms with Crippen molar-refractivity contribution < 1.29 is 23.1 Å². The van der Waals surface area contributed by atoms with Gasteiger partial charge in [-0.25, -0.2) is 0 Å². The molecule has 0 radical (unpaired) electrons. The number of nitrogens with one attached hydrogen (secondary N) is 1. The molecule has 19 heavy (non-hydrogen) atoms. The van der Waals surface area contributed by atoms with Crippen molar-refractivity contribution in [3.63, 3.8) is 0 Å². The van der Waals surface area contributed by atoms with Gasteiger partial charge in [0.25, 0.3) is 0 Å². The molecule has 106 valence electrons. The van der Waals surface area contributed by atoms with Gasteiger partial charge in [-0.15, -0.1) is 0 Å².